The van der Waals surface area contributed by atoms with Crippen LogP contribution < -0.4 is 25.0 Å². The molecule has 1 heterocycles. The summed E-state index contributed by atoms with van der Waals surface area (Å²) in [6.45, 7) is 1.18. The van der Waals surface area contributed by atoms with Gasteiger partial charge in [0.15, 0.2) is 16.9 Å². The molecule has 1 unspecified atom stereocenters. The number of benzene rings is 3. The van der Waals surface area contributed by atoms with Gasteiger partial charge in [-0.3, -0.25) is 4.79 Å². The SMILES string of the molecule is COc1ccc(CCNCC(O)COc2ccc3c(=O)cc(-c4ccccc4)oc3c2)cc1OC.O=C(O)C=CC(=O)O. The van der Waals surface area contributed by atoms with E-state index in [1.807, 2.05) is 48.5 Å². The summed E-state index contributed by atoms with van der Waals surface area (Å²) in [4.78, 5) is 31.6. The second-order valence-electron chi connectivity index (χ2n) is 9.12. The molecular weight excluding hydrogens is 558 g/mol. The van der Waals surface area contributed by atoms with Crippen molar-refractivity contribution in [1.29, 1.82) is 0 Å². The summed E-state index contributed by atoms with van der Waals surface area (Å²) < 4.78 is 22.3. The molecule has 0 saturated heterocycles. The highest BCUT2D eigenvalue weighted by Gasteiger charge is 2.10. The Balaban J connectivity index is 0.000000557. The molecule has 4 rings (SSSR count). The van der Waals surface area contributed by atoms with Gasteiger partial charge in [0.2, 0.25) is 0 Å². The van der Waals surface area contributed by atoms with Crippen molar-refractivity contribution in [2.45, 2.75) is 12.5 Å². The van der Waals surface area contributed by atoms with Crippen LogP contribution >= 0.6 is 0 Å². The molecule has 0 aliphatic rings. The van der Waals surface area contributed by atoms with Crippen molar-refractivity contribution >= 4 is 22.9 Å². The van der Waals surface area contributed by atoms with Gasteiger partial charge >= 0.3 is 11.9 Å². The van der Waals surface area contributed by atoms with Crippen molar-refractivity contribution in [3.05, 3.63) is 101 Å². The van der Waals surface area contributed by atoms with Crippen molar-refractivity contribution in [2.24, 2.45) is 0 Å². The van der Waals surface area contributed by atoms with E-state index in [9.17, 15) is 19.5 Å². The number of carboxylic acid groups (broad SMARTS) is 2. The Kier molecular flexibility index (Phi) is 12.3. The van der Waals surface area contributed by atoms with E-state index in [1.165, 1.54) is 6.07 Å². The van der Waals surface area contributed by atoms with Crippen LogP contribution in [0.3, 0.4) is 0 Å². The third-order valence-corrected chi connectivity index (χ3v) is 5.99. The van der Waals surface area contributed by atoms with Crippen LogP contribution in [0.4, 0.5) is 0 Å². The van der Waals surface area contributed by atoms with Crippen LogP contribution in [-0.4, -0.2) is 67.3 Å². The van der Waals surface area contributed by atoms with Crippen LogP contribution in [0.1, 0.15) is 5.56 Å². The fraction of sp³-hybridized carbons (Fsp3) is 0.219. The minimum absolute atomic E-state index is 0.109. The van der Waals surface area contributed by atoms with Gasteiger partial charge in [-0.25, -0.2) is 9.59 Å². The van der Waals surface area contributed by atoms with Gasteiger partial charge in [-0.15, -0.1) is 0 Å². The summed E-state index contributed by atoms with van der Waals surface area (Å²) in [5.74, 6) is -0.101. The zero-order chi connectivity index (χ0) is 31.2. The number of fused-ring (bicyclic) bond motifs is 1. The van der Waals surface area contributed by atoms with Crippen LogP contribution in [0, 0.1) is 0 Å². The van der Waals surface area contributed by atoms with E-state index in [-0.39, 0.29) is 12.0 Å². The quantitative estimate of drug-likeness (QED) is 0.132. The first-order chi connectivity index (χ1) is 20.7. The minimum Gasteiger partial charge on any atom is -0.493 e. The second kappa shape index (κ2) is 16.3. The maximum atomic E-state index is 12.5. The van der Waals surface area contributed by atoms with Gasteiger partial charge in [0.1, 0.15) is 29.8 Å². The van der Waals surface area contributed by atoms with Crippen LogP contribution in [0.25, 0.3) is 22.3 Å². The first kappa shape index (κ1) is 32.4. The number of aliphatic hydroxyl groups excluding tert-OH is 1. The van der Waals surface area contributed by atoms with Crippen LogP contribution in [-0.2, 0) is 16.0 Å². The monoisotopic (exact) mass is 591 g/mol. The average Bonchev–Trinajstić information content (AvgIpc) is 3.01. The number of hydrogen-bond acceptors (Lipinski definition) is 9. The molecule has 1 atom stereocenters. The van der Waals surface area contributed by atoms with Gasteiger partial charge in [0, 0.05) is 36.4 Å². The molecule has 0 aliphatic carbocycles. The molecule has 3 aromatic carbocycles. The topological polar surface area (TPSA) is 165 Å². The van der Waals surface area contributed by atoms with Gasteiger partial charge in [-0.1, -0.05) is 36.4 Å². The molecule has 0 bridgehead atoms. The van der Waals surface area contributed by atoms with Crippen LogP contribution in [0.5, 0.6) is 17.2 Å². The lowest BCUT2D eigenvalue weighted by Crippen LogP contribution is -2.32. The molecule has 11 heteroatoms. The number of methoxy groups -OCH3 is 2. The fourth-order valence-corrected chi connectivity index (χ4v) is 3.90. The number of carboxylic acids is 2. The summed E-state index contributed by atoms with van der Waals surface area (Å²) in [7, 11) is 3.22. The maximum absolute atomic E-state index is 12.5. The van der Waals surface area contributed by atoms with Crippen LogP contribution in [0.2, 0.25) is 0 Å². The maximum Gasteiger partial charge on any atom is 0.328 e. The van der Waals surface area contributed by atoms with Gasteiger partial charge < -0.3 is 39.3 Å². The molecule has 0 spiro atoms. The molecule has 0 fully saturated rings. The summed E-state index contributed by atoms with van der Waals surface area (Å²) in [6, 6.07) is 21.8. The summed E-state index contributed by atoms with van der Waals surface area (Å²) in [6.07, 6.45) is 1.20. The highest BCUT2D eigenvalue weighted by atomic mass is 16.5. The molecule has 1 aromatic heterocycles. The molecule has 226 valence electrons. The molecule has 43 heavy (non-hydrogen) atoms. The lowest BCUT2D eigenvalue weighted by atomic mass is 10.1. The predicted octanol–water partition coefficient (Wildman–Crippen LogP) is 3.76. The number of aliphatic carboxylic acids is 2. The van der Waals surface area contributed by atoms with Crippen molar-refractivity contribution in [1.82, 2.24) is 5.32 Å². The second-order valence-corrected chi connectivity index (χ2v) is 9.12. The smallest absolute Gasteiger partial charge is 0.328 e. The Morgan fingerprint density at radius 1 is 0.907 bits per heavy atom. The van der Waals surface area contributed by atoms with Crippen molar-refractivity contribution in [2.75, 3.05) is 33.9 Å². The zero-order valence-corrected chi connectivity index (χ0v) is 23.7. The number of ether oxygens (including phenoxy) is 3. The lowest BCUT2D eigenvalue weighted by molar-refractivity contribution is -0.134. The van der Waals surface area contributed by atoms with Crippen molar-refractivity contribution in [3.8, 4) is 28.6 Å². The molecule has 0 radical (unpaired) electrons. The Morgan fingerprint density at radius 3 is 2.26 bits per heavy atom. The third-order valence-electron chi connectivity index (χ3n) is 5.99. The van der Waals surface area contributed by atoms with Gasteiger partial charge in [0.25, 0.3) is 0 Å². The Hall–Kier alpha value is -5.13. The number of nitrogens with one attached hydrogen (secondary N) is 1. The Labute approximate surface area is 247 Å². The van der Waals surface area contributed by atoms with E-state index >= 15 is 0 Å². The number of carbonyl (C=O) groups is 2. The van der Waals surface area contributed by atoms with E-state index in [4.69, 9.17) is 28.8 Å². The largest absolute Gasteiger partial charge is 0.493 e. The van der Waals surface area contributed by atoms with E-state index in [1.54, 1.807) is 32.4 Å². The zero-order valence-electron chi connectivity index (χ0n) is 23.7. The minimum atomic E-state index is -1.26. The Morgan fingerprint density at radius 2 is 1.60 bits per heavy atom. The van der Waals surface area contributed by atoms with E-state index in [0.29, 0.717) is 59.2 Å². The summed E-state index contributed by atoms with van der Waals surface area (Å²) in [5, 5.41) is 29.7. The molecule has 0 amide bonds. The predicted molar refractivity (Wildman–Crippen MR) is 160 cm³/mol. The molecule has 4 N–H and O–H groups in total. The standard InChI is InChI=1S/C28H29NO6.C4H4O4/c1-32-25-11-8-19(14-28(25)33-2)12-13-29-17-21(30)18-34-22-9-10-23-24(31)16-26(35-27(23)15-22)20-6-4-3-5-7-20;5-3(6)1-2-4(7)8/h3-11,14-16,21,29-30H,12-13,17-18H2,1-2H3;1-2H,(H,5,6)(H,7,8). The van der Waals surface area contributed by atoms with Gasteiger partial charge in [0.05, 0.1) is 19.6 Å². The van der Waals surface area contributed by atoms with Crippen molar-refractivity contribution in [3.63, 3.8) is 0 Å². The molecule has 0 aliphatic heterocycles. The molecule has 11 nitrogen and oxygen atoms in total. The number of aliphatic hydroxyl groups is 1. The highest BCUT2D eigenvalue weighted by molar-refractivity contribution is 5.89. The van der Waals surface area contributed by atoms with Gasteiger partial charge in [-0.05, 0) is 42.8 Å². The number of hydrogen-bond donors (Lipinski definition) is 4. The Bertz CT molecular complexity index is 1580. The van der Waals surface area contributed by atoms with Crippen LogP contribution in [0.15, 0.2) is 94.2 Å². The van der Waals surface area contributed by atoms with Crippen molar-refractivity contribution < 1.29 is 43.5 Å². The van der Waals surface area contributed by atoms with Gasteiger partial charge in [-0.2, -0.15) is 0 Å². The fourth-order valence-electron chi connectivity index (χ4n) is 3.90. The summed E-state index contributed by atoms with van der Waals surface area (Å²) >= 11 is 0. The van der Waals surface area contributed by atoms with E-state index in [0.717, 1.165) is 17.5 Å². The highest BCUT2D eigenvalue weighted by Crippen LogP contribution is 2.28. The number of rotatable bonds is 13. The molecule has 4 aromatic rings. The molecular formula is C32H33NO10. The first-order valence-electron chi connectivity index (χ1n) is 13.2. The summed E-state index contributed by atoms with van der Waals surface area (Å²) in [5.41, 5.74) is 2.26. The van der Waals surface area contributed by atoms with E-state index in [2.05, 4.69) is 5.32 Å². The lowest BCUT2D eigenvalue weighted by Gasteiger charge is -2.14. The molecule has 0 saturated carbocycles. The average molecular weight is 592 g/mol. The normalized spacial score (nSPS) is 11.4. The third kappa shape index (κ3) is 10.3. The first-order valence-corrected chi connectivity index (χ1v) is 13.2. The van der Waals surface area contributed by atoms with E-state index < -0.39 is 18.0 Å².